The van der Waals surface area contributed by atoms with Gasteiger partial charge in [-0.25, -0.2) is 0 Å². The molecule has 0 unspecified atom stereocenters. The Bertz CT molecular complexity index is 505. The summed E-state index contributed by atoms with van der Waals surface area (Å²) in [5.41, 5.74) is 3.76. The molecule has 0 saturated carbocycles. The van der Waals surface area contributed by atoms with Crippen molar-refractivity contribution in [2.45, 2.75) is 33.7 Å². The van der Waals surface area contributed by atoms with Gasteiger partial charge in [-0.05, 0) is 36.6 Å². The standard InChI is InChI=1S/C13H17N3O/c1-4-11-5-6-12(7-9(11)2)14-8-13-16-15-10(3)17-13/h5-7,14H,4,8H2,1-3H3. The smallest absolute Gasteiger partial charge is 0.235 e. The van der Waals surface area contributed by atoms with Crippen molar-refractivity contribution in [3.8, 4) is 0 Å². The van der Waals surface area contributed by atoms with Crippen molar-refractivity contribution in [3.05, 3.63) is 41.1 Å². The maximum Gasteiger partial charge on any atom is 0.235 e. The van der Waals surface area contributed by atoms with E-state index in [1.54, 1.807) is 6.92 Å². The minimum Gasteiger partial charge on any atom is -0.424 e. The van der Waals surface area contributed by atoms with Gasteiger partial charge in [-0.15, -0.1) is 10.2 Å². The fraction of sp³-hybridized carbons (Fsp3) is 0.385. The zero-order valence-electron chi connectivity index (χ0n) is 10.4. The van der Waals surface area contributed by atoms with Gasteiger partial charge in [0.25, 0.3) is 0 Å². The summed E-state index contributed by atoms with van der Waals surface area (Å²) in [6.45, 7) is 6.64. The fourth-order valence-electron chi connectivity index (χ4n) is 1.79. The maximum atomic E-state index is 5.30. The van der Waals surface area contributed by atoms with E-state index in [0.717, 1.165) is 12.1 Å². The number of anilines is 1. The first-order valence-electron chi connectivity index (χ1n) is 5.81. The lowest BCUT2D eigenvalue weighted by Crippen LogP contribution is -2.00. The molecule has 0 saturated heterocycles. The number of hydrogen-bond donors (Lipinski definition) is 1. The van der Waals surface area contributed by atoms with E-state index in [9.17, 15) is 0 Å². The molecule has 0 aliphatic carbocycles. The molecule has 1 aromatic heterocycles. The summed E-state index contributed by atoms with van der Waals surface area (Å²) < 4.78 is 5.30. The number of hydrogen-bond acceptors (Lipinski definition) is 4. The highest BCUT2D eigenvalue weighted by atomic mass is 16.4. The van der Waals surface area contributed by atoms with E-state index >= 15 is 0 Å². The number of aromatic nitrogens is 2. The second-order valence-electron chi connectivity index (χ2n) is 4.06. The number of nitrogens with one attached hydrogen (secondary N) is 1. The summed E-state index contributed by atoms with van der Waals surface area (Å²) in [5, 5.41) is 11.0. The predicted molar refractivity (Wildman–Crippen MR) is 66.9 cm³/mol. The highest BCUT2D eigenvalue weighted by Crippen LogP contribution is 2.16. The Kier molecular flexibility index (Phi) is 3.42. The van der Waals surface area contributed by atoms with Gasteiger partial charge in [0.2, 0.25) is 11.8 Å². The average Bonchev–Trinajstić information content (AvgIpc) is 2.73. The molecular formula is C13H17N3O. The van der Waals surface area contributed by atoms with Gasteiger partial charge >= 0.3 is 0 Å². The van der Waals surface area contributed by atoms with E-state index in [0.29, 0.717) is 18.3 Å². The SMILES string of the molecule is CCc1ccc(NCc2nnc(C)o2)cc1C. The van der Waals surface area contributed by atoms with Crippen molar-refractivity contribution in [3.63, 3.8) is 0 Å². The van der Waals surface area contributed by atoms with Crippen LogP contribution in [0.25, 0.3) is 0 Å². The summed E-state index contributed by atoms with van der Waals surface area (Å²) in [5.74, 6) is 1.21. The first-order chi connectivity index (χ1) is 8.19. The first-order valence-corrected chi connectivity index (χ1v) is 5.81. The molecule has 17 heavy (non-hydrogen) atoms. The summed E-state index contributed by atoms with van der Waals surface area (Å²) in [7, 11) is 0. The summed E-state index contributed by atoms with van der Waals surface area (Å²) in [4.78, 5) is 0. The van der Waals surface area contributed by atoms with Gasteiger partial charge in [-0.3, -0.25) is 0 Å². The van der Waals surface area contributed by atoms with Crippen LogP contribution in [0.1, 0.15) is 29.8 Å². The molecule has 0 bridgehead atoms. The molecule has 4 heteroatoms. The average molecular weight is 231 g/mol. The molecule has 4 nitrogen and oxygen atoms in total. The highest BCUT2D eigenvalue weighted by molar-refractivity contribution is 5.48. The Morgan fingerprint density at radius 2 is 2.06 bits per heavy atom. The van der Waals surface area contributed by atoms with Gasteiger partial charge < -0.3 is 9.73 Å². The lowest BCUT2D eigenvalue weighted by molar-refractivity contribution is 0.475. The lowest BCUT2D eigenvalue weighted by Gasteiger charge is -2.07. The van der Waals surface area contributed by atoms with Gasteiger partial charge in [0.1, 0.15) is 0 Å². The van der Waals surface area contributed by atoms with E-state index in [1.165, 1.54) is 11.1 Å². The van der Waals surface area contributed by atoms with E-state index in [1.807, 2.05) is 0 Å². The predicted octanol–water partition coefficient (Wildman–Crippen LogP) is 2.86. The molecule has 2 rings (SSSR count). The monoisotopic (exact) mass is 231 g/mol. The molecule has 0 fully saturated rings. The van der Waals surface area contributed by atoms with Crippen LogP contribution in [-0.2, 0) is 13.0 Å². The molecule has 0 aliphatic rings. The number of benzene rings is 1. The normalized spacial score (nSPS) is 10.5. The van der Waals surface area contributed by atoms with Crippen LogP contribution in [0.3, 0.4) is 0 Å². The van der Waals surface area contributed by atoms with Crippen LogP contribution in [0, 0.1) is 13.8 Å². The Balaban J connectivity index is 2.02. The van der Waals surface area contributed by atoms with Crippen LogP contribution in [0.5, 0.6) is 0 Å². The highest BCUT2D eigenvalue weighted by Gasteiger charge is 2.02. The maximum absolute atomic E-state index is 5.30. The van der Waals surface area contributed by atoms with Crippen molar-refractivity contribution < 1.29 is 4.42 Å². The van der Waals surface area contributed by atoms with E-state index in [-0.39, 0.29) is 0 Å². The molecule has 0 aliphatic heterocycles. The minimum atomic E-state index is 0.561. The number of aryl methyl sites for hydroxylation is 3. The third kappa shape index (κ3) is 2.84. The molecule has 1 N–H and O–H groups in total. The molecule has 0 spiro atoms. The molecule has 0 amide bonds. The zero-order valence-corrected chi connectivity index (χ0v) is 10.4. The topological polar surface area (TPSA) is 51.0 Å². The van der Waals surface area contributed by atoms with Crippen LogP contribution < -0.4 is 5.32 Å². The van der Waals surface area contributed by atoms with Crippen LogP contribution in [0.2, 0.25) is 0 Å². The Labute approximate surface area is 101 Å². The third-order valence-corrected chi connectivity index (χ3v) is 2.74. The Morgan fingerprint density at radius 3 is 2.65 bits per heavy atom. The van der Waals surface area contributed by atoms with Crippen molar-refractivity contribution in [1.82, 2.24) is 10.2 Å². The molecule has 2 aromatic rings. The van der Waals surface area contributed by atoms with Gasteiger partial charge in [0.15, 0.2) is 0 Å². The molecule has 0 radical (unpaired) electrons. The number of nitrogens with zero attached hydrogens (tertiary/aromatic N) is 2. The van der Waals surface area contributed by atoms with Crippen LogP contribution >= 0.6 is 0 Å². The van der Waals surface area contributed by atoms with Gasteiger partial charge in [0, 0.05) is 12.6 Å². The van der Waals surface area contributed by atoms with Gasteiger partial charge in [-0.1, -0.05) is 13.0 Å². The van der Waals surface area contributed by atoms with Crippen molar-refractivity contribution >= 4 is 5.69 Å². The summed E-state index contributed by atoms with van der Waals surface area (Å²) >= 11 is 0. The number of rotatable bonds is 4. The van der Waals surface area contributed by atoms with Crippen LogP contribution in [0.15, 0.2) is 22.6 Å². The first kappa shape index (κ1) is 11.6. The molecule has 0 atom stereocenters. The van der Waals surface area contributed by atoms with Crippen molar-refractivity contribution in [2.75, 3.05) is 5.32 Å². The second kappa shape index (κ2) is 4.99. The quantitative estimate of drug-likeness (QED) is 0.879. The van der Waals surface area contributed by atoms with E-state index in [4.69, 9.17) is 4.42 Å². The molecule has 1 heterocycles. The fourth-order valence-corrected chi connectivity index (χ4v) is 1.79. The van der Waals surface area contributed by atoms with Crippen molar-refractivity contribution in [2.24, 2.45) is 0 Å². The largest absolute Gasteiger partial charge is 0.424 e. The Morgan fingerprint density at radius 1 is 1.24 bits per heavy atom. The van der Waals surface area contributed by atoms with E-state index in [2.05, 4.69) is 47.6 Å². The van der Waals surface area contributed by atoms with Crippen LogP contribution in [-0.4, -0.2) is 10.2 Å². The Hall–Kier alpha value is -1.84. The van der Waals surface area contributed by atoms with Crippen LogP contribution in [0.4, 0.5) is 5.69 Å². The van der Waals surface area contributed by atoms with Gasteiger partial charge in [-0.2, -0.15) is 0 Å². The van der Waals surface area contributed by atoms with Crippen molar-refractivity contribution in [1.29, 1.82) is 0 Å². The van der Waals surface area contributed by atoms with Gasteiger partial charge in [0.05, 0.1) is 6.54 Å². The third-order valence-electron chi connectivity index (χ3n) is 2.74. The van der Waals surface area contributed by atoms with E-state index < -0.39 is 0 Å². The zero-order chi connectivity index (χ0) is 12.3. The molecule has 1 aromatic carbocycles. The minimum absolute atomic E-state index is 0.561. The molecule has 90 valence electrons. The second-order valence-corrected chi connectivity index (χ2v) is 4.06. The summed E-state index contributed by atoms with van der Waals surface area (Å²) in [6.07, 6.45) is 1.06. The summed E-state index contributed by atoms with van der Waals surface area (Å²) in [6, 6.07) is 6.37. The lowest BCUT2D eigenvalue weighted by atomic mass is 10.1. The molecular weight excluding hydrogens is 214 g/mol.